The Labute approximate surface area is 257 Å². The molecule has 0 bridgehead atoms. The first-order chi connectivity index (χ1) is 20.3. The first-order valence-corrected chi connectivity index (χ1v) is 15.7. The Morgan fingerprint density at radius 2 is 1.67 bits per heavy atom. The third-order valence-electron chi connectivity index (χ3n) is 10.3. The second kappa shape index (κ2) is 13.0. The van der Waals surface area contributed by atoms with E-state index < -0.39 is 11.9 Å². The van der Waals surface area contributed by atoms with Gasteiger partial charge in [0.05, 0.1) is 11.5 Å². The van der Waals surface area contributed by atoms with Gasteiger partial charge in [-0.05, 0) is 78.0 Å². The van der Waals surface area contributed by atoms with Crippen molar-refractivity contribution < 1.29 is 19.5 Å². The highest BCUT2D eigenvalue weighted by Crippen LogP contribution is 2.51. The van der Waals surface area contributed by atoms with Crippen LogP contribution in [0, 0.1) is 29.1 Å². The summed E-state index contributed by atoms with van der Waals surface area (Å²) < 4.78 is 0. The number of benzene rings is 2. The van der Waals surface area contributed by atoms with E-state index in [-0.39, 0.29) is 46.9 Å². The van der Waals surface area contributed by atoms with Crippen LogP contribution in [0.4, 0.5) is 0 Å². The largest absolute Gasteiger partial charge is 0.481 e. The highest BCUT2D eigenvalue weighted by molar-refractivity contribution is 6.46. The summed E-state index contributed by atoms with van der Waals surface area (Å²) in [6.45, 7) is 17.0. The third kappa shape index (κ3) is 7.17. The lowest BCUT2D eigenvalue weighted by atomic mass is 9.60. The average molecular weight is 585 g/mol. The molecule has 1 aliphatic heterocycles. The van der Waals surface area contributed by atoms with Gasteiger partial charge in [0.25, 0.3) is 5.91 Å². The summed E-state index contributed by atoms with van der Waals surface area (Å²) >= 11 is 0. The summed E-state index contributed by atoms with van der Waals surface area (Å²) in [6.07, 6.45) is 6.36. The molecular formula is C37H48N2O4. The van der Waals surface area contributed by atoms with Gasteiger partial charge in [-0.3, -0.25) is 19.4 Å². The lowest BCUT2D eigenvalue weighted by molar-refractivity contribution is -0.140. The highest BCUT2D eigenvalue weighted by atomic mass is 16.4. The number of rotatable bonds is 8. The van der Waals surface area contributed by atoms with E-state index in [0.717, 1.165) is 42.4 Å². The van der Waals surface area contributed by atoms with Crippen LogP contribution in [0.1, 0.15) is 107 Å². The SMILES string of the molecule is C=Cc1ccc(C2=NC3(CCC(C(C)(C)C)CC3)C(C)C(C(C)c3ccc(C(=O)NCC(C)C(=O)O)cc3)CC2=O)cc1. The molecule has 230 valence electrons. The Balaban J connectivity index is 1.62. The molecule has 0 saturated heterocycles. The number of nitrogens with zero attached hydrogens (tertiary/aromatic N) is 1. The van der Waals surface area contributed by atoms with Crippen molar-refractivity contribution in [3.63, 3.8) is 0 Å². The summed E-state index contributed by atoms with van der Waals surface area (Å²) in [7, 11) is 0. The smallest absolute Gasteiger partial charge is 0.308 e. The molecule has 2 aliphatic rings. The van der Waals surface area contributed by atoms with E-state index in [1.54, 1.807) is 25.1 Å². The molecule has 0 aromatic heterocycles. The maximum atomic E-state index is 14.0. The van der Waals surface area contributed by atoms with Gasteiger partial charge in [0.2, 0.25) is 0 Å². The van der Waals surface area contributed by atoms with Gasteiger partial charge in [-0.25, -0.2) is 0 Å². The molecule has 4 rings (SSSR count). The Hall–Kier alpha value is -3.54. The lowest BCUT2D eigenvalue weighted by Gasteiger charge is -2.47. The summed E-state index contributed by atoms with van der Waals surface area (Å²) in [5, 5.41) is 11.8. The van der Waals surface area contributed by atoms with Crippen molar-refractivity contribution in [2.75, 3.05) is 6.54 Å². The van der Waals surface area contributed by atoms with Crippen LogP contribution in [0.2, 0.25) is 0 Å². The van der Waals surface area contributed by atoms with Crippen LogP contribution in [0.3, 0.4) is 0 Å². The van der Waals surface area contributed by atoms with Crippen molar-refractivity contribution >= 4 is 29.4 Å². The van der Waals surface area contributed by atoms with Gasteiger partial charge >= 0.3 is 5.97 Å². The van der Waals surface area contributed by atoms with Gasteiger partial charge in [0.1, 0.15) is 5.71 Å². The van der Waals surface area contributed by atoms with Crippen molar-refractivity contribution in [2.45, 2.75) is 85.1 Å². The fourth-order valence-corrected chi connectivity index (χ4v) is 7.06. The van der Waals surface area contributed by atoms with Gasteiger partial charge in [0, 0.05) is 24.1 Å². The van der Waals surface area contributed by atoms with Crippen molar-refractivity contribution in [3.8, 4) is 0 Å². The molecule has 4 unspecified atom stereocenters. The maximum Gasteiger partial charge on any atom is 0.308 e. The van der Waals surface area contributed by atoms with E-state index in [1.165, 1.54) is 0 Å². The number of carboxylic acid groups (broad SMARTS) is 1. The van der Waals surface area contributed by atoms with Crippen LogP contribution < -0.4 is 5.32 Å². The lowest BCUT2D eigenvalue weighted by Crippen LogP contribution is -2.44. The second-order valence-corrected chi connectivity index (χ2v) is 14.0. The molecule has 1 aliphatic carbocycles. The molecule has 2 N–H and O–H groups in total. The van der Waals surface area contributed by atoms with Gasteiger partial charge in [0.15, 0.2) is 5.78 Å². The van der Waals surface area contributed by atoms with Crippen LogP contribution in [0.15, 0.2) is 60.1 Å². The Morgan fingerprint density at radius 1 is 1.07 bits per heavy atom. The number of carbonyl (C=O) groups excluding carboxylic acids is 2. The molecule has 1 amide bonds. The molecule has 2 aromatic rings. The number of hydrogen-bond acceptors (Lipinski definition) is 4. The van der Waals surface area contributed by atoms with E-state index in [4.69, 9.17) is 10.1 Å². The molecule has 43 heavy (non-hydrogen) atoms. The minimum atomic E-state index is -0.942. The first kappa shape index (κ1) is 32.4. The van der Waals surface area contributed by atoms with Gasteiger partial charge in [-0.2, -0.15) is 0 Å². The number of carbonyl (C=O) groups is 3. The van der Waals surface area contributed by atoms with E-state index >= 15 is 0 Å². The van der Waals surface area contributed by atoms with Crippen LogP contribution >= 0.6 is 0 Å². The molecule has 1 spiro atoms. The Kier molecular flexibility index (Phi) is 9.78. The van der Waals surface area contributed by atoms with Crippen LogP contribution in [-0.4, -0.2) is 40.6 Å². The number of amides is 1. The molecule has 1 saturated carbocycles. The molecule has 6 heteroatoms. The number of aliphatic carboxylic acids is 1. The van der Waals surface area contributed by atoms with E-state index in [0.29, 0.717) is 23.6 Å². The number of Topliss-reactive ketones (excluding diaryl/α,β-unsaturated/α-hetero) is 1. The minimum Gasteiger partial charge on any atom is -0.481 e. The fourth-order valence-electron chi connectivity index (χ4n) is 7.06. The zero-order valence-corrected chi connectivity index (χ0v) is 26.7. The van der Waals surface area contributed by atoms with Crippen molar-refractivity contribution in [1.29, 1.82) is 0 Å². The normalized spacial score (nSPS) is 25.8. The first-order valence-electron chi connectivity index (χ1n) is 15.7. The number of ketones is 1. The van der Waals surface area contributed by atoms with Gasteiger partial charge < -0.3 is 10.4 Å². The zero-order valence-electron chi connectivity index (χ0n) is 26.7. The Bertz CT molecular complexity index is 1360. The van der Waals surface area contributed by atoms with Crippen molar-refractivity contribution in [3.05, 3.63) is 77.4 Å². The van der Waals surface area contributed by atoms with Crippen LogP contribution in [0.25, 0.3) is 6.08 Å². The summed E-state index contributed by atoms with van der Waals surface area (Å²) in [5.74, 6) is -0.812. The topological polar surface area (TPSA) is 95.8 Å². The monoisotopic (exact) mass is 584 g/mol. The molecule has 6 nitrogen and oxygen atoms in total. The van der Waals surface area contributed by atoms with E-state index in [9.17, 15) is 14.4 Å². The van der Waals surface area contributed by atoms with E-state index in [1.807, 2.05) is 36.4 Å². The average Bonchev–Trinajstić information content (AvgIpc) is 3.09. The minimum absolute atomic E-state index is 0.0742. The van der Waals surface area contributed by atoms with Crippen LogP contribution in [0.5, 0.6) is 0 Å². The quantitative estimate of drug-likeness (QED) is 0.334. The molecule has 2 aromatic carbocycles. The molecule has 4 atom stereocenters. The van der Waals surface area contributed by atoms with E-state index in [2.05, 4.69) is 46.5 Å². The standard InChI is InChI=1S/C37H48N2O4/c1-8-26-9-11-28(12-10-26)33-32(40)21-31(25(4)37(39-33)19-17-30(18-20-37)36(5,6)7)24(3)27-13-15-29(16-14-27)34(41)38-22-23(2)35(42)43/h8-16,23-25,30-31H,1,17-22H2,2-7H3,(H,38,41)(H,42,43). The molecule has 0 radical (unpaired) electrons. The highest BCUT2D eigenvalue weighted by Gasteiger charge is 2.48. The Morgan fingerprint density at radius 3 is 2.21 bits per heavy atom. The maximum absolute atomic E-state index is 14.0. The van der Waals surface area contributed by atoms with Crippen molar-refractivity contribution in [2.24, 2.45) is 34.1 Å². The molecular weight excluding hydrogens is 536 g/mol. The molecule has 1 fully saturated rings. The molecule has 1 heterocycles. The predicted octanol–water partition coefficient (Wildman–Crippen LogP) is 7.57. The summed E-state index contributed by atoms with van der Waals surface area (Å²) in [5.41, 5.74) is 4.00. The summed E-state index contributed by atoms with van der Waals surface area (Å²) in [4.78, 5) is 43.2. The number of nitrogens with one attached hydrogen (secondary N) is 1. The predicted molar refractivity (Wildman–Crippen MR) is 173 cm³/mol. The third-order valence-corrected chi connectivity index (χ3v) is 10.3. The second-order valence-electron chi connectivity index (χ2n) is 14.0. The van der Waals surface area contributed by atoms with Crippen LogP contribution in [-0.2, 0) is 9.59 Å². The summed E-state index contributed by atoms with van der Waals surface area (Å²) in [6, 6.07) is 15.5. The number of aliphatic imine (C=N–C) groups is 1. The zero-order chi connectivity index (χ0) is 31.5. The number of carboxylic acids is 1. The fraction of sp³-hybridized carbons (Fsp3) is 0.514. The number of hydrogen-bond donors (Lipinski definition) is 2. The van der Waals surface area contributed by atoms with Gasteiger partial charge in [-0.1, -0.05) is 90.6 Å². The van der Waals surface area contributed by atoms with Gasteiger partial charge in [-0.15, -0.1) is 0 Å². The van der Waals surface area contributed by atoms with Crippen molar-refractivity contribution in [1.82, 2.24) is 5.32 Å².